The van der Waals surface area contributed by atoms with E-state index in [1.807, 2.05) is 60.7 Å². The molecule has 2 rings (SSSR count). The highest BCUT2D eigenvalue weighted by molar-refractivity contribution is 7.88. The summed E-state index contributed by atoms with van der Waals surface area (Å²) in [5.41, 5.74) is 1.58. The summed E-state index contributed by atoms with van der Waals surface area (Å²) in [5, 5.41) is 0. The Kier molecular flexibility index (Phi) is 6.11. The van der Waals surface area contributed by atoms with Crippen LogP contribution in [0.25, 0.3) is 0 Å². The van der Waals surface area contributed by atoms with E-state index in [0.29, 0.717) is 0 Å². The van der Waals surface area contributed by atoms with Gasteiger partial charge in [-0.1, -0.05) is 60.7 Å². The van der Waals surface area contributed by atoms with E-state index in [-0.39, 0.29) is 13.2 Å². The van der Waals surface area contributed by atoms with Crippen molar-refractivity contribution in [3.63, 3.8) is 0 Å². The van der Waals surface area contributed by atoms with E-state index in [9.17, 15) is 13.2 Å². The minimum Gasteiger partial charge on any atom is -0.465 e. The number of carbonyl (C=O) groups is 1. The van der Waals surface area contributed by atoms with Crippen molar-refractivity contribution >= 4 is 16.0 Å². The second kappa shape index (κ2) is 8.08. The molecule has 0 saturated heterocycles. The largest absolute Gasteiger partial charge is 0.465 e. The summed E-state index contributed by atoms with van der Waals surface area (Å²) in [5.74, 6) is -0.570. The molecule has 2 aromatic carbocycles. The lowest BCUT2D eigenvalue weighted by molar-refractivity contribution is -0.143. The van der Waals surface area contributed by atoms with Crippen LogP contribution in [0.15, 0.2) is 60.7 Å². The van der Waals surface area contributed by atoms with Crippen LogP contribution in [0.1, 0.15) is 24.1 Å². The van der Waals surface area contributed by atoms with Crippen LogP contribution in [-0.2, 0) is 19.6 Å². The van der Waals surface area contributed by atoms with Gasteiger partial charge in [-0.2, -0.15) is 4.31 Å². The zero-order chi connectivity index (χ0) is 17.6. The maximum absolute atomic E-state index is 12.4. The Morgan fingerprint density at radius 3 is 1.83 bits per heavy atom. The Bertz CT molecular complexity index is 721. The predicted molar refractivity (Wildman–Crippen MR) is 92.9 cm³/mol. The van der Waals surface area contributed by atoms with Crippen molar-refractivity contribution in [1.82, 2.24) is 4.31 Å². The molecule has 0 aliphatic carbocycles. The first-order valence-electron chi connectivity index (χ1n) is 7.65. The number of esters is 1. The van der Waals surface area contributed by atoms with Gasteiger partial charge in [0.05, 0.1) is 18.9 Å². The molecule has 0 radical (unpaired) electrons. The number of sulfonamides is 1. The molecule has 0 N–H and O–H groups in total. The van der Waals surface area contributed by atoms with Crippen LogP contribution in [0.4, 0.5) is 0 Å². The lowest BCUT2D eigenvalue weighted by Gasteiger charge is -2.29. The average Bonchev–Trinajstić information content (AvgIpc) is 2.56. The molecule has 24 heavy (non-hydrogen) atoms. The average molecular weight is 347 g/mol. The quantitative estimate of drug-likeness (QED) is 0.722. The van der Waals surface area contributed by atoms with Gasteiger partial charge in [0.15, 0.2) is 0 Å². The molecule has 0 atom stereocenters. The van der Waals surface area contributed by atoms with Crippen LogP contribution in [0.2, 0.25) is 0 Å². The molecule has 0 unspecified atom stereocenters. The fraction of sp³-hybridized carbons (Fsp3) is 0.278. The molecule has 0 aromatic heterocycles. The molecule has 128 valence electrons. The molecule has 0 spiro atoms. The molecular formula is C18H21NO4S. The smallest absolute Gasteiger partial charge is 0.321 e. The number of carbonyl (C=O) groups excluding carboxylic acids is 1. The summed E-state index contributed by atoms with van der Waals surface area (Å²) in [6.45, 7) is 1.56. The maximum atomic E-state index is 12.4. The molecule has 0 saturated carbocycles. The number of benzene rings is 2. The molecule has 0 amide bonds. The zero-order valence-corrected chi connectivity index (χ0v) is 14.6. The first kappa shape index (κ1) is 18.2. The van der Waals surface area contributed by atoms with Crippen LogP contribution < -0.4 is 0 Å². The number of ether oxygens (including phenoxy) is 1. The molecule has 0 aliphatic rings. The zero-order valence-electron chi connectivity index (χ0n) is 13.8. The Morgan fingerprint density at radius 1 is 1.00 bits per heavy atom. The van der Waals surface area contributed by atoms with Crippen molar-refractivity contribution in [3.05, 3.63) is 71.8 Å². The fourth-order valence-corrected chi connectivity index (χ4v) is 3.50. The number of hydrogen-bond donors (Lipinski definition) is 0. The second-order valence-electron chi connectivity index (χ2n) is 5.34. The highest BCUT2D eigenvalue weighted by Gasteiger charge is 2.31. The molecule has 2 aromatic rings. The highest BCUT2D eigenvalue weighted by Crippen LogP contribution is 2.30. The van der Waals surface area contributed by atoms with Crippen molar-refractivity contribution < 1.29 is 17.9 Å². The number of hydrogen-bond acceptors (Lipinski definition) is 4. The minimum atomic E-state index is -3.64. The van der Waals surface area contributed by atoms with Gasteiger partial charge in [0.2, 0.25) is 10.0 Å². The van der Waals surface area contributed by atoms with E-state index in [1.54, 1.807) is 6.92 Å². The van der Waals surface area contributed by atoms with Crippen molar-refractivity contribution in [3.8, 4) is 0 Å². The molecule has 0 aliphatic heterocycles. The lowest BCUT2D eigenvalue weighted by atomic mass is 9.99. The first-order valence-corrected chi connectivity index (χ1v) is 9.50. The normalized spacial score (nSPS) is 11.7. The SMILES string of the molecule is CCOC(=O)CN(C(c1ccccc1)c1ccccc1)S(C)(=O)=O. The van der Waals surface area contributed by atoms with Gasteiger partial charge < -0.3 is 4.74 Å². The third-order valence-corrected chi connectivity index (χ3v) is 4.73. The van der Waals surface area contributed by atoms with Crippen molar-refractivity contribution in [2.45, 2.75) is 13.0 Å². The summed E-state index contributed by atoms with van der Waals surface area (Å²) in [4.78, 5) is 11.9. The monoisotopic (exact) mass is 347 g/mol. The summed E-state index contributed by atoms with van der Waals surface area (Å²) in [7, 11) is -3.64. The van der Waals surface area contributed by atoms with E-state index in [1.165, 1.54) is 4.31 Å². The standard InChI is InChI=1S/C18H21NO4S/c1-3-23-17(20)14-19(24(2,21)22)18(15-10-6-4-7-11-15)16-12-8-5-9-13-16/h4-13,18H,3,14H2,1-2H3. The Labute approximate surface area is 142 Å². The Morgan fingerprint density at radius 2 is 1.46 bits per heavy atom. The molecule has 5 nitrogen and oxygen atoms in total. The van der Waals surface area contributed by atoms with Gasteiger partial charge >= 0.3 is 5.97 Å². The van der Waals surface area contributed by atoms with E-state index in [2.05, 4.69) is 0 Å². The van der Waals surface area contributed by atoms with E-state index < -0.39 is 22.0 Å². The van der Waals surface area contributed by atoms with E-state index in [4.69, 9.17) is 4.74 Å². The number of nitrogens with zero attached hydrogens (tertiary/aromatic N) is 1. The van der Waals surface area contributed by atoms with Gasteiger partial charge in [0.1, 0.15) is 6.54 Å². The van der Waals surface area contributed by atoms with Crippen LogP contribution in [0, 0.1) is 0 Å². The molecule has 0 heterocycles. The second-order valence-corrected chi connectivity index (χ2v) is 7.27. The molecule has 0 bridgehead atoms. The Balaban J connectivity index is 2.51. The summed E-state index contributed by atoms with van der Waals surface area (Å²) in [6.07, 6.45) is 1.10. The number of rotatable bonds is 7. The van der Waals surface area contributed by atoms with Crippen molar-refractivity contribution in [1.29, 1.82) is 0 Å². The lowest BCUT2D eigenvalue weighted by Crippen LogP contribution is -2.39. The summed E-state index contributed by atoms with van der Waals surface area (Å²) >= 11 is 0. The highest BCUT2D eigenvalue weighted by atomic mass is 32.2. The molecular weight excluding hydrogens is 326 g/mol. The first-order chi connectivity index (χ1) is 11.4. The van der Waals surface area contributed by atoms with Gasteiger partial charge in [-0.15, -0.1) is 0 Å². The maximum Gasteiger partial charge on any atom is 0.321 e. The summed E-state index contributed by atoms with van der Waals surface area (Å²) in [6, 6.07) is 17.9. The van der Waals surface area contributed by atoms with Crippen LogP contribution in [0.5, 0.6) is 0 Å². The van der Waals surface area contributed by atoms with Gasteiger partial charge in [-0.25, -0.2) is 8.42 Å². The van der Waals surface area contributed by atoms with Crippen LogP contribution >= 0.6 is 0 Å². The molecule has 6 heteroatoms. The predicted octanol–water partition coefficient (Wildman–Crippen LogP) is 2.60. The van der Waals surface area contributed by atoms with Gasteiger partial charge in [0.25, 0.3) is 0 Å². The van der Waals surface area contributed by atoms with Crippen LogP contribution in [-0.4, -0.2) is 38.1 Å². The Hall–Kier alpha value is -2.18. The van der Waals surface area contributed by atoms with Gasteiger partial charge in [-0.05, 0) is 18.1 Å². The fourth-order valence-electron chi connectivity index (χ4n) is 2.53. The van der Waals surface area contributed by atoms with Gasteiger partial charge in [-0.3, -0.25) is 4.79 Å². The summed E-state index contributed by atoms with van der Waals surface area (Å²) < 4.78 is 30.9. The van der Waals surface area contributed by atoms with E-state index in [0.717, 1.165) is 17.4 Å². The third kappa shape index (κ3) is 4.66. The van der Waals surface area contributed by atoms with Crippen LogP contribution in [0.3, 0.4) is 0 Å². The van der Waals surface area contributed by atoms with Gasteiger partial charge in [0, 0.05) is 0 Å². The van der Waals surface area contributed by atoms with Crippen molar-refractivity contribution in [2.75, 3.05) is 19.4 Å². The van der Waals surface area contributed by atoms with E-state index >= 15 is 0 Å². The third-order valence-electron chi connectivity index (χ3n) is 3.53. The minimum absolute atomic E-state index is 0.206. The topological polar surface area (TPSA) is 63.7 Å². The van der Waals surface area contributed by atoms with Crippen molar-refractivity contribution in [2.24, 2.45) is 0 Å². The molecule has 0 fully saturated rings.